The first kappa shape index (κ1) is 10.2. The monoisotopic (exact) mass is 180 g/mol. The minimum absolute atomic E-state index is 0.0752. The van der Waals surface area contributed by atoms with E-state index in [0.717, 1.165) is 12.0 Å². The summed E-state index contributed by atoms with van der Waals surface area (Å²) in [5, 5.41) is 9.55. The molecular weight excluding hydrogens is 164 g/mol. The number of benzene rings is 1. The van der Waals surface area contributed by atoms with E-state index in [2.05, 4.69) is 0 Å². The second-order valence-corrected chi connectivity index (χ2v) is 3.05. The maximum atomic E-state index is 9.55. The van der Waals surface area contributed by atoms with Gasteiger partial charge in [-0.3, -0.25) is 0 Å². The van der Waals surface area contributed by atoms with E-state index in [0.29, 0.717) is 0 Å². The third-order valence-electron chi connectivity index (χ3n) is 2.25. The Kier molecular flexibility index (Phi) is 3.93. The molecule has 0 heterocycles. The van der Waals surface area contributed by atoms with E-state index in [1.54, 1.807) is 0 Å². The van der Waals surface area contributed by atoms with Crippen LogP contribution in [0.25, 0.3) is 0 Å². The minimum atomic E-state index is -0.701. The molecule has 0 radical (unpaired) electrons. The molecule has 1 aromatic rings. The molecule has 0 saturated carbocycles. The molecule has 2 nitrogen and oxygen atoms in total. The zero-order valence-corrected chi connectivity index (χ0v) is 8.10. The van der Waals surface area contributed by atoms with Crippen LogP contribution in [0.3, 0.4) is 0 Å². The van der Waals surface area contributed by atoms with Crippen LogP contribution < -0.4 is 0 Å². The summed E-state index contributed by atoms with van der Waals surface area (Å²) in [5.41, 5.74) is 1.12. The Labute approximate surface area is 79.2 Å². The van der Waals surface area contributed by atoms with Crippen molar-refractivity contribution in [3.63, 3.8) is 0 Å². The lowest BCUT2D eigenvalue weighted by Gasteiger charge is -2.20. The molecule has 13 heavy (non-hydrogen) atoms. The van der Waals surface area contributed by atoms with E-state index in [-0.39, 0.29) is 5.92 Å². The Morgan fingerprint density at radius 3 is 2.38 bits per heavy atom. The average Bonchev–Trinajstić information content (AvgIpc) is 2.20. The molecule has 0 fully saturated rings. The predicted octanol–water partition coefficient (Wildman–Crippen LogP) is 2.14. The number of methoxy groups -OCH3 is 1. The van der Waals surface area contributed by atoms with Crippen LogP contribution in [-0.2, 0) is 4.74 Å². The molecule has 72 valence electrons. The Balaban J connectivity index is 2.78. The third-order valence-corrected chi connectivity index (χ3v) is 2.25. The van der Waals surface area contributed by atoms with Gasteiger partial charge in [0.1, 0.15) is 0 Å². The van der Waals surface area contributed by atoms with E-state index in [4.69, 9.17) is 4.74 Å². The van der Waals surface area contributed by atoms with Crippen LogP contribution in [0.5, 0.6) is 0 Å². The molecule has 0 spiro atoms. The normalized spacial score (nSPS) is 15.3. The summed E-state index contributed by atoms with van der Waals surface area (Å²) in [6, 6.07) is 9.93. The number of hydrogen-bond acceptors (Lipinski definition) is 2. The van der Waals surface area contributed by atoms with E-state index in [1.807, 2.05) is 37.3 Å². The summed E-state index contributed by atoms with van der Waals surface area (Å²) in [4.78, 5) is 0. The minimum Gasteiger partial charge on any atom is -0.367 e. The van der Waals surface area contributed by atoms with Crippen molar-refractivity contribution in [1.29, 1.82) is 0 Å². The summed E-state index contributed by atoms with van der Waals surface area (Å²) >= 11 is 0. The van der Waals surface area contributed by atoms with Gasteiger partial charge in [0.2, 0.25) is 0 Å². The van der Waals surface area contributed by atoms with Gasteiger partial charge in [-0.1, -0.05) is 37.3 Å². The molecule has 2 heteroatoms. The number of hydrogen-bond donors (Lipinski definition) is 1. The maximum absolute atomic E-state index is 9.55. The van der Waals surface area contributed by atoms with Crippen molar-refractivity contribution in [3.8, 4) is 0 Å². The molecular formula is C11H16O2. The molecule has 0 aliphatic heterocycles. The summed E-state index contributed by atoms with van der Waals surface area (Å²) in [6.07, 6.45) is 0.173. The fourth-order valence-corrected chi connectivity index (χ4v) is 1.47. The maximum Gasteiger partial charge on any atom is 0.160 e. The molecule has 1 N–H and O–H groups in total. The topological polar surface area (TPSA) is 29.5 Å². The van der Waals surface area contributed by atoms with Crippen molar-refractivity contribution >= 4 is 0 Å². The van der Waals surface area contributed by atoms with Crippen LogP contribution in [0, 0.1) is 0 Å². The van der Waals surface area contributed by atoms with E-state index in [9.17, 15) is 5.11 Å². The van der Waals surface area contributed by atoms with Gasteiger partial charge in [-0.15, -0.1) is 0 Å². The summed E-state index contributed by atoms with van der Waals surface area (Å²) in [6.45, 7) is 2.04. The molecule has 0 bridgehead atoms. The van der Waals surface area contributed by atoms with Crippen molar-refractivity contribution in [2.75, 3.05) is 7.11 Å². The predicted molar refractivity (Wildman–Crippen MR) is 52.5 cm³/mol. The zero-order valence-electron chi connectivity index (χ0n) is 8.10. The van der Waals surface area contributed by atoms with E-state index in [1.165, 1.54) is 7.11 Å². The van der Waals surface area contributed by atoms with E-state index < -0.39 is 6.29 Å². The third kappa shape index (κ3) is 2.54. The van der Waals surface area contributed by atoms with E-state index >= 15 is 0 Å². The van der Waals surface area contributed by atoms with Crippen molar-refractivity contribution in [2.45, 2.75) is 25.6 Å². The fourth-order valence-electron chi connectivity index (χ4n) is 1.47. The first-order valence-corrected chi connectivity index (χ1v) is 4.55. The van der Waals surface area contributed by atoms with Crippen molar-refractivity contribution in [2.24, 2.45) is 0 Å². The van der Waals surface area contributed by atoms with Crippen LogP contribution in [0.2, 0.25) is 0 Å². The summed E-state index contributed by atoms with van der Waals surface area (Å²) in [7, 11) is 1.52. The van der Waals surface area contributed by atoms with Crippen LogP contribution in [-0.4, -0.2) is 18.5 Å². The number of ether oxygens (including phenoxy) is 1. The van der Waals surface area contributed by atoms with Crippen molar-refractivity contribution in [1.82, 2.24) is 0 Å². The molecule has 2 atom stereocenters. The molecule has 1 aromatic carbocycles. The van der Waals surface area contributed by atoms with Gasteiger partial charge in [0.05, 0.1) is 0 Å². The molecule has 0 amide bonds. The Morgan fingerprint density at radius 1 is 1.31 bits per heavy atom. The summed E-state index contributed by atoms with van der Waals surface area (Å²) < 4.78 is 4.91. The standard InChI is InChI=1S/C11H16O2/c1-3-10(11(12)13-2)9-7-5-4-6-8-9/h4-8,10-12H,3H2,1-2H3. The average molecular weight is 180 g/mol. The van der Waals surface area contributed by atoms with Gasteiger partial charge in [0.15, 0.2) is 6.29 Å². The Bertz CT molecular complexity index is 233. The largest absolute Gasteiger partial charge is 0.367 e. The quantitative estimate of drug-likeness (QED) is 0.719. The van der Waals surface area contributed by atoms with Gasteiger partial charge in [-0.2, -0.15) is 0 Å². The fraction of sp³-hybridized carbons (Fsp3) is 0.455. The highest BCUT2D eigenvalue weighted by Gasteiger charge is 2.17. The first-order valence-electron chi connectivity index (χ1n) is 4.55. The van der Waals surface area contributed by atoms with Gasteiger partial charge in [0, 0.05) is 13.0 Å². The summed E-state index contributed by atoms with van der Waals surface area (Å²) in [5.74, 6) is 0.0752. The van der Waals surface area contributed by atoms with Crippen LogP contribution in [0.15, 0.2) is 30.3 Å². The van der Waals surface area contributed by atoms with Gasteiger partial charge >= 0.3 is 0 Å². The second kappa shape index (κ2) is 5.00. The molecule has 2 unspecified atom stereocenters. The Morgan fingerprint density at radius 2 is 1.92 bits per heavy atom. The number of aliphatic hydroxyl groups is 1. The van der Waals surface area contributed by atoms with Gasteiger partial charge in [-0.05, 0) is 12.0 Å². The number of rotatable bonds is 4. The second-order valence-electron chi connectivity index (χ2n) is 3.05. The van der Waals surface area contributed by atoms with Crippen molar-refractivity contribution < 1.29 is 9.84 Å². The lowest BCUT2D eigenvalue weighted by molar-refractivity contribution is -0.0920. The molecule has 1 rings (SSSR count). The molecule has 0 aromatic heterocycles. The lowest BCUT2D eigenvalue weighted by atomic mass is 9.96. The van der Waals surface area contributed by atoms with Gasteiger partial charge < -0.3 is 9.84 Å². The highest BCUT2D eigenvalue weighted by molar-refractivity contribution is 5.19. The zero-order chi connectivity index (χ0) is 9.68. The Hall–Kier alpha value is -0.860. The first-order chi connectivity index (χ1) is 6.29. The van der Waals surface area contributed by atoms with Crippen molar-refractivity contribution in [3.05, 3.63) is 35.9 Å². The smallest absolute Gasteiger partial charge is 0.160 e. The molecule has 0 aliphatic carbocycles. The molecule has 0 saturated heterocycles. The molecule has 0 aliphatic rings. The van der Waals surface area contributed by atoms with Crippen LogP contribution in [0.1, 0.15) is 24.8 Å². The highest BCUT2D eigenvalue weighted by atomic mass is 16.6. The van der Waals surface area contributed by atoms with Crippen LogP contribution >= 0.6 is 0 Å². The van der Waals surface area contributed by atoms with Gasteiger partial charge in [-0.25, -0.2) is 0 Å². The lowest BCUT2D eigenvalue weighted by Crippen LogP contribution is -2.19. The SMILES string of the molecule is CCC(c1ccccc1)C(O)OC. The van der Waals surface area contributed by atoms with Gasteiger partial charge in [0.25, 0.3) is 0 Å². The van der Waals surface area contributed by atoms with Crippen LogP contribution in [0.4, 0.5) is 0 Å². The highest BCUT2D eigenvalue weighted by Crippen LogP contribution is 2.23. The number of aliphatic hydroxyl groups excluding tert-OH is 1.